The van der Waals surface area contributed by atoms with Gasteiger partial charge in [0, 0.05) is 11.5 Å². The number of benzene rings is 1. The van der Waals surface area contributed by atoms with Gasteiger partial charge in [0.05, 0.1) is 5.52 Å². The maximum atomic E-state index is 11.2. The second kappa shape index (κ2) is 2.88. The van der Waals surface area contributed by atoms with E-state index < -0.39 is 0 Å². The summed E-state index contributed by atoms with van der Waals surface area (Å²) in [7, 11) is 0. The number of H-pyrrole nitrogens is 1. The molecule has 2 aromatic rings. The molecule has 74 valence electrons. The lowest BCUT2D eigenvalue weighted by atomic mass is 10.2. The zero-order valence-corrected chi connectivity index (χ0v) is 7.69. The van der Waals surface area contributed by atoms with Crippen LogP contribution in [0.2, 0.25) is 0 Å². The number of rotatable bonds is 0. The third-order valence-corrected chi connectivity index (χ3v) is 2.25. The Kier molecular flexibility index (Phi) is 1.56. The van der Waals surface area contributed by atoms with Crippen LogP contribution in [0.4, 0.5) is 0 Å². The van der Waals surface area contributed by atoms with Gasteiger partial charge in [-0.3, -0.25) is 4.79 Å². The molecule has 0 fully saturated rings. The fourth-order valence-corrected chi connectivity index (χ4v) is 1.58. The van der Waals surface area contributed by atoms with Crippen LogP contribution in [-0.4, -0.2) is 4.98 Å². The molecule has 1 N–H and O–H groups in total. The number of hydrogen-bond acceptors (Lipinski definition) is 3. The predicted octanol–water partition coefficient (Wildman–Crippen LogP) is 1.77. The molecule has 1 aliphatic rings. The van der Waals surface area contributed by atoms with Crippen molar-refractivity contribution in [2.24, 2.45) is 0 Å². The van der Waals surface area contributed by atoms with Crippen LogP contribution >= 0.6 is 0 Å². The van der Waals surface area contributed by atoms with Crippen LogP contribution in [0, 0.1) is 0 Å². The first kappa shape index (κ1) is 8.11. The van der Waals surface area contributed by atoms with Crippen molar-refractivity contribution < 1.29 is 9.47 Å². The highest BCUT2D eigenvalue weighted by Crippen LogP contribution is 2.35. The van der Waals surface area contributed by atoms with Crippen molar-refractivity contribution in [3.63, 3.8) is 0 Å². The van der Waals surface area contributed by atoms with Crippen molar-refractivity contribution in [2.45, 2.75) is 0 Å². The highest BCUT2D eigenvalue weighted by molar-refractivity contribution is 5.87. The summed E-state index contributed by atoms with van der Waals surface area (Å²) in [5.74, 6) is 1.15. The van der Waals surface area contributed by atoms with Gasteiger partial charge in [-0.2, -0.15) is 0 Å². The summed E-state index contributed by atoms with van der Waals surface area (Å²) in [6, 6.07) is 6.90. The zero-order chi connectivity index (χ0) is 10.3. The topological polar surface area (TPSA) is 51.3 Å². The summed E-state index contributed by atoms with van der Waals surface area (Å²) >= 11 is 0. The number of aromatic nitrogens is 1. The van der Waals surface area contributed by atoms with Crippen LogP contribution in [-0.2, 0) is 0 Å². The van der Waals surface area contributed by atoms with E-state index in [0.717, 1.165) is 5.39 Å². The van der Waals surface area contributed by atoms with Crippen LogP contribution in [0.25, 0.3) is 10.9 Å². The van der Waals surface area contributed by atoms with Crippen molar-refractivity contribution in [1.29, 1.82) is 0 Å². The third kappa shape index (κ3) is 1.19. The van der Waals surface area contributed by atoms with E-state index in [-0.39, 0.29) is 5.56 Å². The lowest BCUT2D eigenvalue weighted by Gasteiger charge is -2.13. The number of hydrogen-bond donors (Lipinski definition) is 1. The van der Waals surface area contributed by atoms with Crippen molar-refractivity contribution >= 4 is 10.9 Å². The molecule has 0 amide bonds. The van der Waals surface area contributed by atoms with Crippen LogP contribution in [0.3, 0.4) is 0 Å². The van der Waals surface area contributed by atoms with Crippen molar-refractivity contribution in [1.82, 2.24) is 4.98 Å². The standard InChI is InChI=1S/C11H7NO3/c13-9-4-2-7-1-3-8-11(10(7)12-9)15-6-5-14-8/h1-6H,(H,12,13). The molecule has 0 bridgehead atoms. The maximum Gasteiger partial charge on any atom is 0.248 e. The molecule has 4 nitrogen and oxygen atoms in total. The smallest absolute Gasteiger partial charge is 0.248 e. The molecule has 0 saturated carbocycles. The van der Waals surface area contributed by atoms with Crippen LogP contribution in [0.15, 0.2) is 41.6 Å². The van der Waals surface area contributed by atoms with Crippen molar-refractivity contribution in [2.75, 3.05) is 0 Å². The second-order valence-electron chi connectivity index (χ2n) is 3.19. The summed E-state index contributed by atoms with van der Waals surface area (Å²) in [5, 5.41) is 0.909. The Hall–Kier alpha value is -2.23. The van der Waals surface area contributed by atoms with Gasteiger partial charge in [0.15, 0.2) is 11.5 Å². The van der Waals surface area contributed by atoms with Gasteiger partial charge in [0.2, 0.25) is 5.56 Å². The molecular weight excluding hydrogens is 194 g/mol. The molecule has 4 heteroatoms. The number of aromatic amines is 1. The van der Waals surface area contributed by atoms with Crippen molar-refractivity contribution in [3.05, 3.63) is 47.1 Å². The molecule has 1 aromatic carbocycles. The quantitative estimate of drug-likeness (QED) is 0.706. The minimum Gasteiger partial charge on any atom is -0.458 e. The average Bonchev–Trinajstić information content (AvgIpc) is 2.29. The fraction of sp³-hybridized carbons (Fsp3) is 0. The van der Waals surface area contributed by atoms with E-state index in [0.29, 0.717) is 17.0 Å². The first-order chi connectivity index (χ1) is 7.34. The van der Waals surface area contributed by atoms with Gasteiger partial charge in [-0.1, -0.05) is 0 Å². The van der Waals surface area contributed by atoms with Crippen LogP contribution in [0.1, 0.15) is 0 Å². The fourth-order valence-electron chi connectivity index (χ4n) is 1.58. The minimum atomic E-state index is -0.158. The van der Waals surface area contributed by atoms with Gasteiger partial charge in [0.1, 0.15) is 12.5 Å². The summed E-state index contributed by atoms with van der Waals surface area (Å²) in [4.78, 5) is 13.9. The highest BCUT2D eigenvalue weighted by Gasteiger charge is 2.12. The Bertz CT molecular complexity index is 613. The predicted molar refractivity (Wildman–Crippen MR) is 55.0 cm³/mol. The molecular formula is C11H7NO3. The van der Waals surface area contributed by atoms with Crippen LogP contribution < -0.4 is 15.0 Å². The van der Waals surface area contributed by atoms with Gasteiger partial charge in [-0.25, -0.2) is 0 Å². The summed E-state index contributed by atoms with van der Waals surface area (Å²) in [5.41, 5.74) is 0.499. The van der Waals surface area contributed by atoms with E-state index in [4.69, 9.17) is 9.47 Å². The summed E-state index contributed by atoms with van der Waals surface area (Å²) < 4.78 is 10.6. The molecule has 0 saturated heterocycles. The largest absolute Gasteiger partial charge is 0.458 e. The van der Waals surface area contributed by atoms with Gasteiger partial charge in [-0.05, 0) is 18.2 Å². The van der Waals surface area contributed by atoms with Gasteiger partial charge in [-0.15, -0.1) is 0 Å². The molecule has 0 radical (unpaired) electrons. The summed E-state index contributed by atoms with van der Waals surface area (Å²) in [6.45, 7) is 0. The van der Waals surface area contributed by atoms with Gasteiger partial charge in [0.25, 0.3) is 0 Å². The highest BCUT2D eigenvalue weighted by atomic mass is 16.5. The average molecular weight is 201 g/mol. The van der Waals surface area contributed by atoms with E-state index in [1.165, 1.54) is 18.6 Å². The maximum absolute atomic E-state index is 11.2. The molecule has 0 aliphatic carbocycles. The molecule has 0 unspecified atom stereocenters. The lowest BCUT2D eigenvalue weighted by molar-refractivity contribution is 0.365. The second-order valence-corrected chi connectivity index (χ2v) is 3.19. The number of fused-ring (bicyclic) bond motifs is 3. The van der Waals surface area contributed by atoms with E-state index in [2.05, 4.69) is 4.98 Å². The molecule has 3 rings (SSSR count). The Morgan fingerprint density at radius 3 is 2.73 bits per heavy atom. The molecule has 0 spiro atoms. The monoisotopic (exact) mass is 201 g/mol. The Morgan fingerprint density at radius 2 is 1.80 bits per heavy atom. The van der Waals surface area contributed by atoms with Gasteiger partial charge >= 0.3 is 0 Å². The number of pyridine rings is 1. The zero-order valence-electron chi connectivity index (χ0n) is 7.69. The third-order valence-electron chi connectivity index (χ3n) is 2.25. The van der Waals surface area contributed by atoms with E-state index in [1.54, 1.807) is 12.1 Å². The Labute approximate surface area is 84.8 Å². The molecule has 15 heavy (non-hydrogen) atoms. The molecule has 1 aromatic heterocycles. The lowest BCUT2D eigenvalue weighted by Crippen LogP contribution is -2.05. The summed E-state index contributed by atoms with van der Waals surface area (Å²) in [6.07, 6.45) is 2.89. The van der Waals surface area contributed by atoms with Gasteiger partial charge < -0.3 is 14.5 Å². The van der Waals surface area contributed by atoms with E-state index >= 15 is 0 Å². The van der Waals surface area contributed by atoms with Crippen molar-refractivity contribution in [3.8, 4) is 11.5 Å². The first-order valence-corrected chi connectivity index (χ1v) is 4.49. The Morgan fingerprint density at radius 1 is 1.00 bits per heavy atom. The van der Waals surface area contributed by atoms with Crippen LogP contribution in [0.5, 0.6) is 11.5 Å². The molecule has 1 aliphatic heterocycles. The van der Waals surface area contributed by atoms with E-state index in [1.807, 2.05) is 6.07 Å². The first-order valence-electron chi connectivity index (χ1n) is 4.49. The number of nitrogens with one attached hydrogen (secondary N) is 1. The molecule has 0 atom stereocenters. The normalized spacial score (nSPS) is 13.1. The molecule has 2 heterocycles. The SMILES string of the molecule is O=c1ccc2ccc3c(c2[nH]1)OC=CO3. The minimum absolute atomic E-state index is 0.158. The van der Waals surface area contributed by atoms with E-state index in [9.17, 15) is 4.79 Å². The Balaban J connectivity index is 2.41. The number of ether oxygens (including phenoxy) is 2.